The van der Waals surface area contributed by atoms with Gasteiger partial charge in [-0.1, -0.05) is 41.5 Å². The van der Waals surface area contributed by atoms with Crippen LogP contribution in [0.25, 0.3) is 0 Å². The molecule has 0 aliphatic heterocycles. The number of nitrogens with zero attached hydrogens (tertiary/aromatic N) is 2. The van der Waals surface area contributed by atoms with Crippen molar-refractivity contribution in [3.05, 3.63) is 0 Å². The van der Waals surface area contributed by atoms with Crippen LogP contribution < -0.4 is 0 Å². The van der Waals surface area contributed by atoms with Crippen LogP contribution in [0.4, 0.5) is 0 Å². The van der Waals surface area contributed by atoms with Crippen molar-refractivity contribution in [1.29, 1.82) is 0 Å². The van der Waals surface area contributed by atoms with E-state index in [2.05, 4.69) is 55.4 Å². The van der Waals surface area contributed by atoms with E-state index in [1.54, 1.807) is 0 Å². The second-order valence-electron chi connectivity index (χ2n) is 20.7. The molecule has 4 nitrogen and oxygen atoms in total. The minimum Gasteiger partial charge on any atom is -0.390 e. The van der Waals surface area contributed by atoms with E-state index in [0.29, 0.717) is 34.5 Å². The fraction of sp³-hybridized carbons (Fsp3) is 0.952. The second kappa shape index (κ2) is 10.4. The summed E-state index contributed by atoms with van der Waals surface area (Å²) in [4.78, 5) is 0. The van der Waals surface area contributed by atoms with E-state index in [0.717, 1.165) is 61.2 Å². The summed E-state index contributed by atoms with van der Waals surface area (Å²) < 4.78 is 0. The molecule has 46 heavy (non-hydrogen) atoms. The number of aliphatic hydroxyl groups is 2. The van der Waals surface area contributed by atoms with E-state index in [1.807, 2.05) is 0 Å². The Morgan fingerprint density at radius 2 is 0.870 bits per heavy atom. The van der Waals surface area contributed by atoms with E-state index in [9.17, 15) is 10.2 Å². The fourth-order valence-electron chi connectivity index (χ4n) is 15.7. The molecule has 16 atom stereocenters. The van der Waals surface area contributed by atoms with Crippen molar-refractivity contribution in [3.8, 4) is 0 Å². The van der Waals surface area contributed by atoms with Gasteiger partial charge in [-0.2, -0.15) is 10.2 Å². The lowest BCUT2D eigenvalue weighted by Crippen LogP contribution is -2.57. The Kier molecular flexibility index (Phi) is 7.34. The van der Waals surface area contributed by atoms with Crippen LogP contribution >= 0.6 is 0 Å². The molecule has 0 radical (unpaired) electrons. The van der Waals surface area contributed by atoms with Crippen molar-refractivity contribution in [3.63, 3.8) is 0 Å². The summed E-state index contributed by atoms with van der Waals surface area (Å²) in [6.07, 6.45) is 19.7. The van der Waals surface area contributed by atoms with Gasteiger partial charge in [0.1, 0.15) is 0 Å². The predicted octanol–water partition coefficient (Wildman–Crippen LogP) is 9.86. The van der Waals surface area contributed by atoms with Gasteiger partial charge < -0.3 is 10.2 Å². The van der Waals surface area contributed by atoms with Crippen LogP contribution in [0.1, 0.15) is 158 Å². The van der Waals surface area contributed by atoms with Gasteiger partial charge in [0.2, 0.25) is 0 Å². The van der Waals surface area contributed by atoms with Crippen LogP contribution in [0, 0.1) is 80.8 Å². The molecule has 8 saturated carbocycles. The molecule has 0 aromatic heterocycles. The molecule has 8 rings (SSSR count). The molecule has 0 aromatic rings. The third-order valence-corrected chi connectivity index (χ3v) is 19.1. The summed E-state index contributed by atoms with van der Waals surface area (Å²) in [6, 6.07) is 0. The van der Waals surface area contributed by atoms with Gasteiger partial charge in [-0.05, 0) is 197 Å². The number of hydrogen-bond acceptors (Lipinski definition) is 4. The smallest absolute Gasteiger partial charge is 0.0675 e. The van der Waals surface area contributed by atoms with E-state index < -0.39 is 11.2 Å². The van der Waals surface area contributed by atoms with Crippen LogP contribution in [-0.2, 0) is 0 Å². The van der Waals surface area contributed by atoms with Gasteiger partial charge in [0, 0.05) is 11.4 Å². The molecular formula is C42H68N2O2. The Bertz CT molecular complexity index is 1200. The lowest BCUT2D eigenvalue weighted by atomic mass is 9.43. The molecule has 0 amide bonds. The predicted molar refractivity (Wildman–Crippen MR) is 189 cm³/mol. The maximum atomic E-state index is 11.3. The van der Waals surface area contributed by atoms with Crippen molar-refractivity contribution in [2.24, 2.45) is 91.0 Å². The first kappa shape index (κ1) is 32.5. The molecule has 4 heteroatoms. The van der Waals surface area contributed by atoms with Crippen LogP contribution in [0.15, 0.2) is 10.2 Å². The molecule has 8 fully saturated rings. The Labute approximate surface area is 281 Å². The number of rotatable bonds is 1. The minimum atomic E-state index is -0.484. The Hall–Kier alpha value is -0.740. The van der Waals surface area contributed by atoms with E-state index in [1.165, 1.54) is 88.5 Å². The first-order valence-electron chi connectivity index (χ1n) is 20.1. The van der Waals surface area contributed by atoms with Crippen LogP contribution in [0.3, 0.4) is 0 Å². The second-order valence-corrected chi connectivity index (χ2v) is 20.7. The normalized spacial score (nSPS) is 61.3. The third kappa shape index (κ3) is 4.29. The van der Waals surface area contributed by atoms with E-state index >= 15 is 0 Å². The molecule has 8 aliphatic rings. The summed E-state index contributed by atoms with van der Waals surface area (Å²) in [5.41, 5.74) is 2.86. The number of hydrogen-bond donors (Lipinski definition) is 2. The summed E-state index contributed by atoms with van der Waals surface area (Å²) >= 11 is 0. The van der Waals surface area contributed by atoms with Gasteiger partial charge in [-0.25, -0.2) is 0 Å². The zero-order valence-electron chi connectivity index (χ0n) is 30.9. The monoisotopic (exact) mass is 633 g/mol. The van der Waals surface area contributed by atoms with Gasteiger partial charge in [0.15, 0.2) is 0 Å². The summed E-state index contributed by atoms with van der Waals surface area (Å²) in [6.45, 7) is 19.4. The highest BCUT2D eigenvalue weighted by molar-refractivity contribution is 5.91. The highest BCUT2D eigenvalue weighted by Crippen LogP contribution is 2.70. The molecule has 0 spiro atoms. The zero-order chi connectivity index (χ0) is 32.7. The average molecular weight is 633 g/mol. The SMILES string of the molecule is C[C@@H]1C[C@@]2(C)[C@@H](CC[C@@H]3[C@@H]2CC[C@@]2(C)[C@H]3CC[C@]2(C)O)C/C1=N/N=C1\C[C@@H]2CC[C@@H]3[C@H](CC[C@@]4(C)[C@H]3CC[C@]4(C)O)[C@@]2(C)C[C@H]1C. The van der Waals surface area contributed by atoms with Crippen LogP contribution in [0.5, 0.6) is 0 Å². The highest BCUT2D eigenvalue weighted by atomic mass is 16.3. The molecule has 0 heterocycles. The van der Waals surface area contributed by atoms with Crippen LogP contribution in [0.2, 0.25) is 0 Å². The maximum absolute atomic E-state index is 11.3. The molecule has 258 valence electrons. The average Bonchev–Trinajstić information content (AvgIpc) is 3.38. The Balaban J connectivity index is 0.969. The number of fused-ring (bicyclic) bond motifs is 10. The van der Waals surface area contributed by atoms with Crippen molar-refractivity contribution in [2.45, 2.75) is 169 Å². The summed E-state index contributed by atoms with van der Waals surface area (Å²) in [5.74, 6) is 7.15. The van der Waals surface area contributed by atoms with Gasteiger partial charge in [0.05, 0.1) is 11.2 Å². The maximum Gasteiger partial charge on any atom is 0.0675 e. The van der Waals surface area contributed by atoms with Gasteiger partial charge in [0.25, 0.3) is 0 Å². The lowest BCUT2D eigenvalue weighted by Gasteiger charge is -2.62. The molecular weight excluding hydrogens is 564 g/mol. The summed E-state index contributed by atoms with van der Waals surface area (Å²) in [5, 5.41) is 33.1. The van der Waals surface area contributed by atoms with Crippen molar-refractivity contribution < 1.29 is 10.2 Å². The van der Waals surface area contributed by atoms with Gasteiger partial charge >= 0.3 is 0 Å². The molecule has 2 N–H and O–H groups in total. The van der Waals surface area contributed by atoms with Gasteiger partial charge in [-0.3, -0.25) is 0 Å². The van der Waals surface area contributed by atoms with Crippen LogP contribution in [-0.4, -0.2) is 32.8 Å². The standard InChI is InChI=1S/C42H68N2O2/c1-25-23-37(3)27(9-11-29-31(37)13-17-39(5)33(29)15-19-41(39,7)45)21-35(25)43-44-36-22-28-10-12-30-32(38(28,4)24-26(36)2)14-18-40(6)34(30)16-20-42(40,8)46/h25-34,45-46H,9-24H2,1-8H3/b43-35-,44-36+/t25-,26-,27+,28+,29-,30-,31+,32+,33+,34+,37+,38+,39+,40+,41+,42+/m1/s1. The first-order valence-corrected chi connectivity index (χ1v) is 20.1. The molecule has 0 unspecified atom stereocenters. The molecule has 0 bridgehead atoms. The van der Waals surface area contributed by atoms with E-state index in [-0.39, 0.29) is 10.8 Å². The topological polar surface area (TPSA) is 65.2 Å². The highest BCUT2D eigenvalue weighted by Gasteiger charge is 2.65. The molecule has 0 saturated heterocycles. The third-order valence-electron chi connectivity index (χ3n) is 19.1. The van der Waals surface area contributed by atoms with Crippen molar-refractivity contribution >= 4 is 11.4 Å². The first-order chi connectivity index (χ1) is 21.5. The van der Waals surface area contributed by atoms with Crippen molar-refractivity contribution in [1.82, 2.24) is 0 Å². The Morgan fingerprint density at radius 1 is 0.500 bits per heavy atom. The zero-order valence-corrected chi connectivity index (χ0v) is 30.9. The fourth-order valence-corrected chi connectivity index (χ4v) is 15.7. The molecule has 8 aliphatic carbocycles. The van der Waals surface area contributed by atoms with E-state index in [4.69, 9.17) is 10.2 Å². The molecule has 0 aromatic carbocycles. The van der Waals surface area contributed by atoms with Gasteiger partial charge in [-0.15, -0.1) is 0 Å². The largest absolute Gasteiger partial charge is 0.390 e. The van der Waals surface area contributed by atoms with Crippen molar-refractivity contribution in [2.75, 3.05) is 0 Å². The minimum absolute atomic E-state index is 0.112. The lowest BCUT2D eigenvalue weighted by molar-refractivity contribution is -0.142. The Morgan fingerprint density at radius 3 is 1.26 bits per heavy atom. The summed E-state index contributed by atoms with van der Waals surface area (Å²) in [7, 11) is 0. The quantitative estimate of drug-likeness (QED) is 0.283.